The number of rotatable bonds is 4. The fourth-order valence-electron chi connectivity index (χ4n) is 2.77. The molecule has 1 aromatic rings. The van der Waals surface area contributed by atoms with Gasteiger partial charge in [-0.05, 0) is 29.9 Å². The van der Waals surface area contributed by atoms with E-state index in [1.165, 1.54) is 11.1 Å². The molecule has 0 aliphatic carbocycles. The zero-order valence-electron chi connectivity index (χ0n) is 15.0. The molecule has 6 heteroatoms. The van der Waals surface area contributed by atoms with Gasteiger partial charge in [-0.3, -0.25) is 9.69 Å². The summed E-state index contributed by atoms with van der Waals surface area (Å²) in [5, 5.41) is 3.00. The van der Waals surface area contributed by atoms with E-state index in [-0.39, 0.29) is 36.1 Å². The number of hydrogen-bond acceptors (Lipinski definition) is 3. The summed E-state index contributed by atoms with van der Waals surface area (Å²) in [6, 6.07) is 8.44. The first-order chi connectivity index (χ1) is 10.3. The molecule has 1 aromatic carbocycles. The van der Waals surface area contributed by atoms with E-state index >= 15 is 0 Å². The lowest BCUT2D eigenvalue weighted by molar-refractivity contribution is -0.124. The number of benzene rings is 1. The minimum Gasteiger partial charge on any atom is -0.353 e. The molecule has 1 amide bonds. The van der Waals surface area contributed by atoms with E-state index in [0.717, 1.165) is 19.5 Å². The largest absolute Gasteiger partial charge is 0.353 e. The molecule has 0 bridgehead atoms. The summed E-state index contributed by atoms with van der Waals surface area (Å²) in [6.45, 7) is 10.8. The van der Waals surface area contributed by atoms with Gasteiger partial charge in [0, 0.05) is 25.7 Å². The maximum Gasteiger partial charge on any atom is 0.237 e. The fraction of sp³-hybridized carbons (Fsp3) is 0.611. The number of carbonyl (C=O) groups is 1. The summed E-state index contributed by atoms with van der Waals surface area (Å²) in [5.41, 5.74) is 8.64. The molecular formula is C18H31Cl2N3O. The Morgan fingerprint density at radius 2 is 1.83 bits per heavy atom. The van der Waals surface area contributed by atoms with Crippen molar-refractivity contribution < 1.29 is 4.79 Å². The van der Waals surface area contributed by atoms with E-state index in [9.17, 15) is 4.79 Å². The Balaban J connectivity index is 0.00000264. The number of halogens is 2. The van der Waals surface area contributed by atoms with Gasteiger partial charge in [0.05, 0.1) is 6.04 Å². The Morgan fingerprint density at radius 3 is 2.42 bits per heavy atom. The van der Waals surface area contributed by atoms with Crippen LogP contribution in [0.1, 0.15) is 38.8 Å². The van der Waals surface area contributed by atoms with Crippen molar-refractivity contribution in [3.05, 3.63) is 35.4 Å². The van der Waals surface area contributed by atoms with Crippen molar-refractivity contribution in [2.24, 2.45) is 11.1 Å². The molecule has 1 aliphatic heterocycles. The molecule has 0 saturated carbocycles. The molecule has 1 unspecified atom stereocenters. The molecule has 2 rings (SSSR count). The molecule has 0 spiro atoms. The third-order valence-electron chi connectivity index (χ3n) is 4.57. The van der Waals surface area contributed by atoms with Gasteiger partial charge < -0.3 is 11.1 Å². The van der Waals surface area contributed by atoms with Crippen LogP contribution in [0.4, 0.5) is 0 Å². The zero-order valence-corrected chi connectivity index (χ0v) is 16.7. The van der Waals surface area contributed by atoms with Gasteiger partial charge in [-0.15, -0.1) is 24.8 Å². The second-order valence-corrected chi connectivity index (χ2v) is 7.43. The summed E-state index contributed by atoms with van der Waals surface area (Å²) >= 11 is 0. The number of amides is 1. The number of nitrogens with one attached hydrogen (secondary N) is 1. The van der Waals surface area contributed by atoms with Crippen LogP contribution < -0.4 is 11.1 Å². The lowest BCUT2D eigenvalue weighted by Gasteiger charge is -2.34. The predicted octanol–water partition coefficient (Wildman–Crippen LogP) is 2.77. The summed E-state index contributed by atoms with van der Waals surface area (Å²) in [5.74, 6) is -0.0586. The molecule has 0 radical (unpaired) electrons. The molecule has 0 saturated heterocycles. The quantitative estimate of drug-likeness (QED) is 0.850. The highest BCUT2D eigenvalue weighted by Crippen LogP contribution is 2.20. The van der Waals surface area contributed by atoms with Crippen LogP contribution in [0.2, 0.25) is 0 Å². The molecule has 0 fully saturated rings. The minimum atomic E-state index is -0.471. The molecule has 3 N–H and O–H groups in total. The first-order valence-corrected chi connectivity index (χ1v) is 8.13. The topological polar surface area (TPSA) is 58.4 Å². The first kappa shape index (κ1) is 23.2. The molecule has 4 nitrogen and oxygen atoms in total. The Morgan fingerprint density at radius 1 is 1.25 bits per heavy atom. The fourth-order valence-corrected chi connectivity index (χ4v) is 2.77. The van der Waals surface area contributed by atoms with Crippen LogP contribution in [-0.2, 0) is 17.8 Å². The lowest BCUT2D eigenvalue weighted by Crippen LogP contribution is -2.52. The van der Waals surface area contributed by atoms with E-state index in [1.54, 1.807) is 0 Å². The van der Waals surface area contributed by atoms with Crippen LogP contribution in [0, 0.1) is 5.41 Å². The van der Waals surface area contributed by atoms with Crippen LogP contribution in [0.5, 0.6) is 0 Å². The Labute approximate surface area is 158 Å². The van der Waals surface area contributed by atoms with Crippen LogP contribution in [0.3, 0.4) is 0 Å². The number of carbonyl (C=O) groups excluding carboxylic acids is 1. The average Bonchev–Trinajstić information content (AvgIpc) is 2.50. The predicted molar refractivity (Wildman–Crippen MR) is 105 cm³/mol. The van der Waals surface area contributed by atoms with Crippen molar-refractivity contribution in [3.8, 4) is 0 Å². The van der Waals surface area contributed by atoms with Gasteiger partial charge in [-0.25, -0.2) is 0 Å². The maximum absolute atomic E-state index is 12.1. The standard InChI is InChI=1S/C18H29N3O.2ClH/c1-13(11-20-17(22)16(19)18(2,3)4)21-10-9-14-7-5-6-8-15(14)12-21;;/h5-8,13,16H,9-12,19H2,1-4H3,(H,20,22);2*1H/t13?,16-;;/m1../s1. The van der Waals surface area contributed by atoms with Crippen molar-refractivity contribution in [2.45, 2.75) is 52.7 Å². The minimum absolute atomic E-state index is 0. The third-order valence-corrected chi connectivity index (χ3v) is 4.57. The zero-order chi connectivity index (χ0) is 16.3. The third kappa shape index (κ3) is 5.92. The van der Waals surface area contributed by atoms with Crippen LogP contribution >= 0.6 is 24.8 Å². The number of nitrogens with zero attached hydrogens (tertiary/aromatic N) is 1. The highest BCUT2D eigenvalue weighted by molar-refractivity contribution is 5.85. The van der Waals surface area contributed by atoms with Gasteiger partial charge in [0.2, 0.25) is 5.91 Å². The van der Waals surface area contributed by atoms with Crippen LogP contribution in [0.15, 0.2) is 24.3 Å². The summed E-state index contributed by atoms with van der Waals surface area (Å²) in [6.07, 6.45) is 1.08. The van der Waals surface area contributed by atoms with Crippen molar-refractivity contribution in [1.82, 2.24) is 10.2 Å². The average molecular weight is 376 g/mol. The SMILES string of the molecule is CC(CNC(=O)[C@@H](N)C(C)(C)C)N1CCc2ccccc2C1.Cl.Cl. The Hall–Kier alpha value is -0.810. The molecular weight excluding hydrogens is 345 g/mol. The Kier molecular flexibility index (Phi) is 9.29. The van der Waals surface area contributed by atoms with Crippen molar-refractivity contribution >= 4 is 30.7 Å². The monoisotopic (exact) mass is 375 g/mol. The molecule has 1 heterocycles. The summed E-state index contributed by atoms with van der Waals surface area (Å²) in [7, 11) is 0. The van der Waals surface area contributed by atoms with Gasteiger partial charge in [0.25, 0.3) is 0 Å². The molecule has 1 aliphatic rings. The van der Waals surface area contributed by atoms with Gasteiger partial charge in [-0.2, -0.15) is 0 Å². The second kappa shape index (κ2) is 9.62. The van der Waals surface area contributed by atoms with E-state index in [2.05, 4.69) is 41.4 Å². The van der Waals surface area contributed by atoms with E-state index in [4.69, 9.17) is 5.73 Å². The smallest absolute Gasteiger partial charge is 0.237 e. The van der Waals surface area contributed by atoms with Crippen molar-refractivity contribution in [3.63, 3.8) is 0 Å². The van der Waals surface area contributed by atoms with Crippen molar-refractivity contribution in [2.75, 3.05) is 13.1 Å². The molecule has 24 heavy (non-hydrogen) atoms. The van der Waals surface area contributed by atoms with Crippen LogP contribution in [-0.4, -0.2) is 36.0 Å². The Bertz CT molecular complexity index is 531. The normalized spacial score (nSPS) is 16.9. The van der Waals surface area contributed by atoms with Gasteiger partial charge in [0.15, 0.2) is 0 Å². The van der Waals surface area contributed by atoms with Crippen molar-refractivity contribution in [1.29, 1.82) is 0 Å². The van der Waals surface area contributed by atoms with E-state index < -0.39 is 6.04 Å². The summed E-state index contributed by atoms with van der Waals surface area (Å²) in [4.78, 5) is 14.5. The van der Waals surface area contributed by atoms with E-state index in [0.29, 0.717) is 12.6 Å². The second-order valence-electron chi connectivity index (χ2n) is 7.43. The number of nitrogens with two attached hydrogens (primary N) is 1. The van der Waals surface area contributed by atoms with Gasteiger partial charge in [-0.1, -0.05) is 45.0 Å². The molecule has 0 aromatic heterocycles. The lowest BCUT2D eigenvalue weighted by atomic mass is 9.87. The van der Waals surface area contributed by atoms with E-state index in [1.807, 2.05) is 20.8 Å². The molecule has 2 atom stereocenters. The number of fused-ring (bicyclic) bond motifs is 1. The van der Waals surface area contributed by atoms with Crippen LogP contribution in [0.25, 0.3) is 0 Å². The van der Waals surface area contributed by atoms with Gasteiger partial charge >= 0.3 is 0 Å². The molecule has 138 valence electrons. The number of hydrogen-bond donors (Lipinski definition) is 2. The summed E-state index contributed by atoms with van der Waals surface area (Å²) < 4.78 is 0. The maximum atomic E-state index is 12.1. The highest BCUT2D eigenvalue weighted by Gasteiger charge is 2.28. The first-order valence-electron chi connectivity index (χ1n) is 8.13. The van der Waals surface area contributed by atoms with Gasteiger partial charge in [0.1, 0.15) is 0 Å². The highest BCUT2D eigenvalue weighted by atomic mass is 35.5.